The molecule has 0 fully saturated rings. The number of nitrogen functional groups attached to an aromatic ring is 1. The average Bonchev–Trinajstić information content (AvgIpc) is 2.18. The maximum Gasteiger partial charge on any atom is 0.405 e. The number of nitrogens with zero attached hydrogens (tertiary/aromatic N) is 2. The Bertz CT molecular complexity index is 356. The van der Waals surface area contributed by atoms with Gasteiger partial charge in [-0.1, -0.05) is 0 Å². The molecule has 0 saturated carbocycles. The molecular formula is C8H11F3N4O. The highest BCUT2D eigenvalue weighted by Gasteiger charge is 2.27. The predicted molar refractivity (Wildman–Crippen MR) is 52.2 cm³/mol. The first-order valence-corrected chi connectivity index (χ1v) is 4.48. The fraction of sp³-hybridized carbons (Fsp3) is 0.500. The van der Waals surface area contributed by atoms with Crippen molar-refractivity contribution in [2.24, 2.45) is 0 Å². The maximum atomic E-state index is 11.9. The van der Waals surface area contributed by atoms with Crippen molar-refractivity contribution in [2.45, 2.75) is 13.1 Å². The van der Waals surface area contributed by atoms with E-state index >= 15 is 0 Å². The molecule has 0 spiro atoms. The number of halogens is 3. The van der Waals surface area contributed by atoms with Crippen LogP contribution in [0.3, 0.4) is 0 Å². The molecule has 0 aromatic carbocycles. The number of ether oxygens (including phenoxy) is 1. The monoisotopic (exact) mass is 236 g/mol. The highest BCUT2D eigenvalue weighted by atomic mass is 19.4. The van der Waals surface area contributed by atoms with E-state index in [2.05, 4.69) is 15.3 Å². The third-order valence-corrected chi connectivity index (χ3v) is 1.58. The predicted octanol–water partition coefficient (Wildman–Crippen LogP) is 1.43. The van der Waals surface area contributed by atoms with Gasteiger partial charge in [-0.3, -0.25) is 0 Å². The van der Waals surface area contributed by atoms with Crippen LogP contribution in [0.4, 0.5) is 24.7 Å². The van der Waals surface area contributed by atoms with Gasteiger partial charge in [0.1, 0.15) is 18.6 Å². The summed E-state index contributed by atoms with van der Waals surface area (Å²) in [7, 11) is 0. The fourth-order valence-corrected chi connectivity index (χ4v) is 0.956. The first kappa shape index (κ1) is 12.3. The van der Waals surface area contributed by atoms with Crippen molar-refractivity contribution in [2.75, 3.05) is 24.2 Å². The number of anilines is 2. The highest BCUT2D eigenvalue weighted by Crippen LogP contribution is 2.25. The molecule has 3 N–H and O–H groups in total. The number of nitrogens with one attached hydrogen (secondary N) is 1. The molecule has 0 bridgehead atoms. The summed E-state index contributed by atoms with van der Waals surface area (Å²) in [5.41, 5.74) is 5.49. The van der Waals surface area contributed by atoms with Gasteiger partial charge in [0.2, 0.25) is 5.88 Å². The summed E-state index contributed by atoms with van der Waals surface area (Å²) in [6, 6.07) is 0. The van der Waals surface area contributed by atoms with E-state index in [0.29, 0.717) is 6.61 Å². The molecule has 1 aromatic heterocycles. The number of nitrogens with two attached hydrogens (primary N) is 1. The van der Waals surface area contributed by atoms with Crippen LogP contribution in [0, 0.1) is 0 Å². The second-order valence-electron chi connectivity index (χ2n) is 2.84. The van der Waals surface area contributed by atoms with Crippen LogP contribution in [0.5, 0.6) is 5.88 Å². The molecule has 5 nitrogen and oxygen atoms in total. The van der Waals surface area contributed by atoms with E-state index in [-0.39, 0.29) is 17.4 Å². The van der Waals surface area contributed by atoms with Crippen LogP contribution < -0.4 is 15.8 Å². The minimum Gasteiger partial charge on any atom is -0.476 e. The molecular weight excluding hydrogens is 225 g/mol. The molecule has 0 amide bonds. The summed E-state index contributed by atoms with van der Waals surface area (Å²) >= 11 is 0. The lowest BCUT2D eigenvalue weighted by molar-refractivity contribution is -0.115. The third kappa shape index (κ3) is 3.44. The van der Waals surface area contributed by atoms with Crippen LogP contribution in [0.25, 0.3) is 0 Å². The van der Waals surface area contributed by atoms with Gasteiger partial charge in [0.15, 0.2) is 5.82 Å². The first-order chi connectivity index (χ1) is 7.44. The Balaban J connectivity index is 2.77. The number of hydrogen-bond acceptors (Lipinski definition) is 5. The lowest BCUT2D eigenvalue weighted by Crippen LogP contribution is -2.22. The lowest BCUT2D eigenvalue weighted by Gasteiger charge is -2.12. The Morgan fingerprint density at radius 3 is 2.69 bits per heavy atom. The average molecular weight is 236 g/mol. The van der Waals surface area contributed by atoms with Gasteiger partial charge < -0.3 is 15.8 Å². The van der Waals surface area contributed by atoms with E-state index in [9.17, 15) is 13.2 Å². The van der Waals surface area contributed by atoms with Gasteiger partial charge in [-0.25, -0.2) is 4.98 Å². The Hall–Kier alpha value is -1.73. The highest BCUT2D eigenvalue weighted by molar-refractivity contribution is 5.66. The molecule has 0 aliphatic rings. The zero-order valence-corrected chi connectivity index (χ0v) is 8.51. The van der Waals surface area contributed by atoms with Crippen LogP contribution in [0.1, 0.15) is 6.92 Å². The molecule has 1 rings (SSSR count). The number of alkyl halides is 3. The Kier molecular flexibility index (Phi) is 3.75. The van der Waals surface area contributed by atoms with Crippen LogP contribution >= 0.6 is 0 Å². The summed E-state index contributed by atoms with van der Waals surface area (Å²) < 4.78 is 40.8. The van der Waals surface area contributed by atoms with E-state index in [1.807, 2.05) is 0 Å². The van der Waals surface area contributed by atoms with Crippen molar-refractivity contribution in [1.82, 2.24) is 9.97 Å². The van der Waals surface area contributed by atoms with Gasteiger partial charge in [-0.05, 0) is 6.92 Å². The zero-order chi connectivity index (χ0) is 12.2. The van der Waals surface area contributed by atoms with Crippen molar-refractivity contribution >= 4 is 11.5 Å². The van der Waals surface area contributed by atoms with E-state index in [0.717, 1.165) is 6.33 Å². The molecule has 1 heterocycles. The van der Waals surface area contributed by atoms with Crippen molar-refractivity contribution in [3.63, 3.8) is 0 Å². The molecule has 0 aliphatic carbocycles. The molecule has 8 heteroatoms. The summed E-state index contributed by atoms with van der Waals surface area (Å²) in [6.07, 6.45) is -3.25. The van der Waals surface area contributed by atoms with E-state index in [1.54, 1.807) is 6.92 Å². The largest absolute Gasteiger partial charge is 0.476 e. The maximum absolute atomic E-state index is 11.9. The standard InChI is InChI=1S/C8H11F3N4O/c1-2-16-7-5(12)6(14-4-15-7)13-3-8(9,10)11/h4H,2-3,12H2,1H3,(H,13,14,15). The Morgan fingerprint density at radius 2 is 2.12 bits per heavy atom. The van der Waals surface area contributed by atoms with Crippen LogP contribution in [-0.2, 0) is 0 Å². The normalized spacial score (nSPS) is 11.2. The second-order valence-corrected chi connectivity index (χ2v) is 2.84. The van der Waals surface area contributed by atoms with Gasteiger partial charge in [0.25, 0.3) is 0 Å². The molecule has 0 atom stereocenters. The van der Waals surface area contributed by atoms with Crippen molar-refractivity contribution in [3.05, 3.63) is 6.33 Å². The summed E-state index contributed by atoms with van der Waals surface area (Å²) in [5, 5.41) is 2.07. The zero-order valence-electron chi connectivity index (χ0n) is 8.51. The third-order valence-electron chi connectivity index (χ3n) is 1.58. The molecule has 0 aliphatic heterocycles. The van der Waals surface area contributed by atoms with Gasteiger partial charge in [-0.2, -0.15) is 18.2 Å². The minimum atomic E-state index is -4.33. The minimum absolute atomic E-state index is 0.0337. The smallest absolute Gasteiger partial charge is 0.405 e. The van der Waals surface area contributed by atoms with E-state index in [4.69, 9.17) is 10.5 Å². The van der Waals surface area contributed by atoms with Gasteiger partial charge >= 0.3 is 6.18 Å². The van der Waals surface area contributed by atoms with Crippen molar-refractivity contribution < 1.29 is 17.9 Å². The molecule has 16 heavy (non-hydrogen) atoms. The topological polar surface area (TPSA) is 73.1 Å². The Labute approximate surface area is 89.8 Å². The van der Waals surface area contributed by atoms with Crippen molar-refractivity contribution in [3.8, 4) is 5.88 Å². The number of hydrogen-bond donors (Lipinski definition) is 2. The molecule has 1 aromatic rings. The number of rotatable bonds is 4. The molecule has 0 radical (unpaired) electrons. The van der Waals surface area contributed by atoms with Gasteiger partial charge in [-0.15, -0.1) is 0 Å². The Morgan fingerprint density at radius 1 is 1.44 bits per heavy atom. The van der Waals surface area contributed by atoms with Gasteiger partial charge in [0, 0.05) is 0 Å². The molecule has 0 unspecified atom stereocenters. The molecule has 90 valence electrons. The first-order valence-electron chi connectivity index (χ1n) is 4.48. The van der Waals surface area contributed by atoms with Gasteiger partial charge in [0.05, 0.1) is 6.61 Å². The van der Waals surface area contributed by atoms with Crippen LogP contribution in [-0.4, -0.2) is 29.3 Å². The second kappa shape index (κ2) is 4.86. The summed E-state index contributed by atoms with van der Waals surface area (Å²) in [5.74, 6) is -0.0158. The van der Waals surface area contributed by atoms with Crippen LogP contribution in [0.2, 0.25) is 0 Å². The summed E-state index contributed by atoms with van der Waals surface area (Å²) in [4.78, 5) is 7.29. The van der Waals surface area contributed by atoms with Crippen molar-refractivity contribution in [1.29, 1.82) is 0 Å². The summed E-state index contributed by atoms with van der Waals surface area (Å²) in [6.45, 7) is 0.823. The van der Waals surface area contributed by atoms with Crippen LogP contribution in [0.15, 0.2) is 6.33 Å². The fourth-order valence-electron chi connectivity index (χ4n) is 0.956. The molecule has 0 saturated heterocycles. The lowest BCUT2D eigenvalue weighted by atomic mass is 10.4. The quantitative estimate of drug-likeness (QED) is 0.827. The van der Waals surface area contributed by atoms with E-state index in [1.165, 1.54) is 0 Å². The number of aromatic nitrogens is 2. The SMILES string of the molecule is CCOc1ncnc(NCC(F)(F)F)c1N. The van der Waals surface area contributed by atoms with E-state index < -0.39 is 12.7 Å².